The summed E-state index contributed by atoms with van der Waals surface area (Å²) < 4.78 is 0.794. The molecule has 10 heavy (non-hydrogen) atoms. The first-order valence-corrected chi connectivity index (χ1v) is 3.08. The summed E-state index contributed by atoms with van der Waals surface area (Å²) in [4.78, 5) is 18.1. The van der Waals surface area contributed by atoms with Crippen molar-refractivity contribution in [2.45, 2.75) is 0 Å². The molecule has 4 nitrogen and oxygen atoms in total. The van der Waals surface area contributed by atoms with Crippen molar-refractivity contribution in [1.82, 2.24) is 0 Å². The highest BCUT2D eigenvalue weighted by atomic mass is 17.2. The Kier molecular flexibility index (Phi) is 3.99. The molecule has 0 bridgehead atoms. The monoisotopic (exact) mass is 148 g/mol. The number of carbonyl (C=O) groups is 1. The first kappa shape index (κ1) is 9.39. The van der Waals surface area contributed by atoms with Crippen LogP contribution < -0.4 is 0 Å². The van der Waals surface area contributed by atoms with Crippen molar-refractivity contribution in [3.05, 3.63) is 0 Å². The van der Waals surface area contributed by atoms with Crippen LogP contribution in [-0.2, 0) is 14.6 Å². The van der Waals surface area contributed by atoms with E-state index >= 15 is 0 Å². The summed E-state index contributed by atoms with van der Waals surface area (Å²) in [6.45, 7) is 1.52. The SMILES string of the molecule is C[N+](C)(C)CCOOC=O. The Morgan fingerprint density at radius 1 is 1.40 bits per heavy atom. The average Bonchev–Trinajstić information content (AvgIpc) is 1.78. The van der Waals surface area contributed by atoms with Crippen molar-refractivity contribution < 1.29 is 19.1 Å². The molecule has 0 fully saturated rings. The molecule has 60 valence electrons. The maximum atomic E-state index is 9.58. The molecule has 0 atom stereocenters. The number of quaternary nitrogens is 1. The molecule has 0 saturated heterocycles. The van der Waals surface area contributed by atoms with Gasteiger partial charge in [-0.05, 0) is 0 Å². The molecule has 0 amide bonds. The summed E-state index contributed by atoms with van der Waals surface area (Å²) in [5.41, 5.74) is 0. The van der Waals surface area contributed by atoms with E-state index in [1.54, 1.807) is 0 Å². The van der Waals surface area contributed by atoms with Crippen molar-refractivity contribution in [2.75, 3.05) is 34.3 Å². The van der Waals surface area contributed by atoms with Gasteiger partial charge in [-0.25, -0.2) is 0 Å². The number of likely N-dealkylation sites (N-methyl/N-ethyl adjacent to an activating group) is 1. The molecule has 0 rings (SSSR count). The van der Waals surface area contributed by atoms with Crippen LogP contribution in [0.25, 0.3) is 0 Å². The van der Waals surface area contributed by atoms with E-state index in [0.29, 0.717) is 6.61 Å². The van der Waals surface area contributed by atoms with Crippen LogP contribution in [0, 0.1) is 0 Å². The van der Waals surface area contributed by atoms with Gasteiger partial charge in [-0.3, -0.25) is 4.79 Å². The first-order chi connectivity index (χ1) is 4.56. The van der Waals surface area contributed by atoms with Gasteiger partial charge in [-0.2, -0.15) is 4.89 Å². The summed E-state index contributed by atoms with van der Waals surface area (Å²) in [6, 6.07) is 0. The number of nitrogens with zero attached hydrogens (tertiary/aromatic N) is 1. The predicted molar refractivity (Wildman–Crippen MR) is 36.0 cm³/mol. The molecule has 0 aromatic rings. The zero-order chi connectivity index (χ0) is 8.04. The Morgan fingerprint density at radius 3 is 2.40 bits per heavy atom. The third-order valence-electron chi connectivity index (χ3n) is 0.953. The van der Waals surface area contributed by atoms with Crippen molar-refractivity contribution in [3.63, 3.8) is 0 Å². The van der Waals surface area contributed by atoms with Gasteiger partial charge in [0.15, 0.2) is 0 Å². The normalized spacial score (nSPS) is 11.1. The standard InChI is InChI=1S/C6H14NO3/c1-7(2,3)4-5-9-10-6-8/h6H,4-5H2,1-3H3/q+1. The van der Waals surface area contributed by atoms with Gasteiger partial charge in [0.1, 0.15) is 13.2 Å². The van der Waals surface area contributed by atoms with Gasteiger partial charge in [0.2, 0.25) is 0 Å². The van der Waals surface area contributed by atoms with Gasteiger partial charge in [-0.1, -0.05) is 0 Å². The minimum atomic E-state index is 0.273. The maximum absolute atomic E-state index is 9.58. The molecule has 0 aliphatic carbocycles. The number of rotatable bonds is 5. The second-order valence-electron chi connectivity index (χ2n) is 3.03. The Balaban J connectivity index is 3.12. The molecule has 0 spiro atoms. The maximum Gasteiger partial charge on any atom is 0.330 e. The lowest BCUT2D eigenvalue weighted by atomic mass is 10.5. The zero-order valence-corrected chi connectivity index (χ0v) is 6.66. The summed E-state index contributed by atoms with van der Waals surface area (Å²) in [7, 11) is 6.10. The van der Waals surface area contributed by atoms with Crippen LogP contribution in [0.4, 0.5) is 0 Å². The molecule has 0 aromatic heterocycles. The fourth-order valence-corrected chi connectivity index (χ4v) is 0.387. The quantitative estimate of drug-likeness (QED) is 0.178. The lowest BCUT2D eigenvalue weighted by Crippen LogP contribution is -2.37. The predicted octanol–water partition coefficient (Wildman–Crippen LogP) is -0.203. The second-order valence-corrected chi connectivity index (χ2v) is 3.03. The summed E-state index contributed by atoms with van der Waals surface area (Å²) in [6.07, 6.45) is 0. The highest BCUT2D eigenvalue weighted by Gasteiger charge is 2.05. The smallest absolute Gasteiger partial charge is 0.329 e. The lowest BCUT2D eigenvalue weighted by molar-refractivity contribution is -0.871. The van der Waals surface area contributed by atoms with Gasteiger partial charge in [0.25, 0.3) is 0 Å². The van der Waals surface area contributed by atoms with Crippen LogP contribution in [0.3, 0.4) is 0 Å². The van der Waals surface area contributed by atoms with E-state index in [1.807, 2.05) is 21.1 Å². The fourth-order valence-electron chi connectivity index (χ4n) is 0.387. The molecule has 0 unspecified atom stereocenters. The van der Waals surface area contributed by atoms with Crippen LogP contribution in [-0.4, -0.2) is 45.2 Å². The Bertz CT molecular complexity index is 97.7. The summed E-state index contributed by atoms with van der Waals surface area (Å²) in [5.74, 6) is 0. The molecule has 4 heteroatoms. The summed E-state index contributed by atoms with van der Waals surface area (Å²) in [5, 5.41) is 0. The van der Waals surface area contributed by atoms with Crippen LogP contribution >= 0.6 is 0 Å². The molecule has 0 aliphatic heterocycles. The molecular weight excluding hydrogens is 134 g/mol. The Morgan fingerprint density at radius 2 is 2.00 bits per heavy atom. The molecule has 0 aliphatic rings. The molecule has 0 saturated carbocycles. The lowest BCUT2D eigenvalue weighted by Gasteiger charge is -2.22. The molecule has 0 radical (unpaired) electrons. The van der Waals surface area contributed by atoms with Crippen molar-refractivity contribution in [1.29, 1.82) is 0 Å². The summed E-state index contributed by atoms with van der Waals surface area (Å²) >= 11 is 0. The van der Waals surface area contributed by atoms with Crippen molar-refractivity contribution >= 4 is 6.47 Å². The molecule has 0 heterocycles. The third kappa shape index (κ3) is 7.39. The van der Waals surface area contributed by atoms with Crippen LogP contribution in [0.2, 0.25) is 0 Å². The molecular formula is C6H14NO3+. The van der Waals surface area contributed by atoms with Crippen LogP contribution in [0.5, 0.6) is 0 Å². The number of hydrogen-bond acceptors (Lipinski definition) is 3. The van der Waals surface area contributed by atoms with E-state index in [4.69, 9.17) is 0 Å². The van der Waals surface area contributed by atoms with E-state index in [1.165, 1.54) is 0 Å². The highest BCUT2D eigenvalue weighted by molar-refractivity contribution is 5.35. The van der Waals surface area contributed by atoms with Gasteiger partial charge in [-0.15, -0.1) is 0 Å². The number of hydrogen-bond donors (Lipinski definition) is 0. The average molecular weight is 148 g/mol. The van der Waals surface area contributed by atoms with Crippen molar-refractivity contribution in [2.24, 2.45) is 0 Å². The van der Waals surface area contributed by atoms with E-state index in [-0.39, 0.29) is 6.47 Å². The third-order valence-corrected chi connectivity index (χ3v) is 0.953. The first-order valence-electron chi connectivity index (χ1n) is 3.08. The van der Waals surface area contributed by atoms with Gasteiger partial charge in [0.05, 0.1) is 21.1 Å². The van der Waals surface area contributed by atoms with E-state index in [9.17, 15) is 4.79 Å². The van der Waals surface area contributed by atoms with Gasteiger partial charge >= 0.3 is 6.47 Å². The Hall–Kier alpha value is -0.610. The second kappa shape index (κ2) is 4.24. The largest absolute Gasteiger partial charge is 0.330 e. The van der Waals surface area contributed by atoms with E-state index in [0.717, 1.165) is 11.0 Å². The highest BCUT2D eigenvalue weighted by Crippen LogP contribution is 1.88. The minimum absolute atomic E-state index is 0.273. The van der Waals surface area contributed by atoms with E-state index < -0.39 is 0 Å². The van der Waals surface area contributed by atoms with Crippen molar-refractivity contribution in [3.8, 4) is 0 Å². The molecule has 0 aromatic carbocycles. The fraction of sp³-hybridized carbons (Fsp3) is 0.833. The zero-order valence-electron chi connectivity index (χ0n) is 6.66. The minimum Gasteiger partial charge on any atom is -0.329 e. The van der Waals surface area contributed by atoms with E-state index in [2.05, 4.69) is 9.78 Å². The van der Waals surface area contributed by atoms with Gasteiger partial charge in [0, 0.05) is 0 Å². The van der Waals surface area contributed by atoms with Crippen LogP contribution in [0.15, 0.2) is 0 Å². The van der Waals surface area contributed by atoms with Gasteiger partial charge < -0.3 is 9.37 Å². The Labute approximate surface area is 60.9 Å². The molecule has 0 N–H and O–H groups in total. The topological polar surface area (TPSA) is 35.5 Å². The van der Waals surface area contributed by atoms with Crippen LogP contribution in [0.1, 0.15) is 0 Å². The number of carbonyl (C=O) groups excluding carboxylic acids is 1.